The third-order valence-electron chi connectivity index (χ3n) is 5.22. The molecule has 30 heavy (non-hydrogen) atoms. The summed E-state index contributed by atoms with van der Waals surface area (Å²) in [5.41, 5.74) is 0.755. The smallest absolute Gasteiger partial charge is 0.191 e. The van der Waals surface area contributed by atoms with Gasteiger partial charge in [-0.3, -0.25) is 9.89 Å². The zero-order chi connectivity index (χ0) is 21.3. The molecule has 1 atom stereocenters. The lowest BCUT2D eigenvalue weighted by Crippen LogP contribution is -2.43. The van der Waals surface area contributed by atoms with Crippen molar-refractivity contribution >= 4 is 39.8 Å². The largest absolute Gasteiger partial charge is 0.357 e. The Balaban J connectivity index is 0.00000450. The molecule has 0 radical (unpaired) electrons. The van der Waals surface area contributed by atoms with Crippen LogP contribution in [0.5, 0.6) is 0 Å². The van der Waals surface area contributed by atoms with E-state index in [2.05, 4.69) is 15.5 Å². The van der Waals surface area contributed by atoms with Crippen molar-refractivity contribution in [2.75, 3.05) is 38.2 Å². The van der Waals surface area contributed by atoms with E-state index in [1.54, 1.807) is 6.07 Å². The fourth-order valence-corrected chi connectivity index (χ4v) is 4.21. The van der Waals surface area contributed by atoms with E-state index < -0.39 is 9.84 Å². The number of rotatable bonds is 9. The maximum absolute atomic E-state index is 13.8. The first-order valence-electron chi connectivity index (χ1n) is 10.4. The molecule has 6 nitrogen and oxygen atoms in total. The van der Waals surface area contributed by atoms with Crippen LogP contribution in [0.2, 0.25) is 0 Å². The molecule has 0 aliphatic carbocycles. The average molecular weight is 555 g/mol. The van der Waals surface area contributed by atoms with Gasteiger partial charge >= 0.3 is 0 Å². The van der Waals surface area contributed by atoms with Crippen LogP contribution in [-0.2, 0) is 16.4 Å². The van der Waals surface area contributed by atoms with Gasteiger partial charge in [0, 0.05) is 37.5 Å². The number of likely N-dealkylation sites (tertiary alicyclic amines) is 1. The molecule has 1 heterocycles. The van der Waals surface area contributed by atoms with Gasteiger partial charge in [0.2, 0.25) is 0 Å². The lowest BCUT2D eigenvalue weighted by Gasteiger charge is -2.31. The summed E-state index contributed by atoms with van der Waals surface area (Å²) in [5, 5.41) is 6.54. The molecule has 1 unspecified atom stereocenters. The second-order valence-electron chi connectivity index (χ2n) is 7.99. The van der Waals surface area contributed by atoms with E-state index in [1.807, 2.05) is 26.0 Å². The SMILES string of the molecule is CCNC(=NCC1CCN(Cc2ccccc2F)CC1)NC(C)CCS(C)(=O)=O.I. The molecule has 0 amide bonds. The van der Waals surface area contributed by atoms with Crippen LogP contribution in [-0.4, -0.2) is 63.5 Å². The summed E-state index contributed by atoms with van der Waals surface area (Å²) in [5.74, 6) is 1.28. The summed E-state index contributed by atoms with van der Waals surface area (Å²) in [6.07, 6.45) is 3.90. The van der Waals surface area contributed by atoms with E-state index in [0.717, 1.165) is 50.5 Å². The monoisotopic (exact) mass is 554 g/mol. The molecule has 9 heteroatoms. The number of hydrogen-bond donors (Lipinski definition) is 2. The number of sulfone groups is 1. The first-order valence-corrected chi connectivity index (χ1v) is 12.5. The standard InChI is InChI=1S/C21H35FN4O2S.HI/c1-4-23-21(25-17(2)11-14-29(3,27)28)24-15-18-9-12-26(13-10-18)16-19-7-5-6-8-20(19)22;/h5-8,17-18H,4,9-16H2,1-3H3,(H2,23,24,25);1H. The number of benzene rings is 1. The molecule has 2 N–H and O–H groups in total. The Morgan fingerprint density at radius 3 is 2.57 bits per heavy atom. The van der Waals surface area contributed by atoms with Gasteiger partial charge in [0.15, 0.2) is 5.96 Å². The van der Waals surface area contributed by atoms with Crippen LogP contribution >= 0.6 is 24.0 Å². The van der Waals surface area contributed by atoms with Crippen LogP contribution in [0.15, 0.2) is 29.3 Å². The summed E-state index contributed by atoms with van der Waals surface area (Å²) in [7, 11) is -2.96. The highest BCUT2D eigenvalue weighted by molar-refractivity contribution is 14.0. The second-order valence-corrected chi connectivity index (χ2v) is 10.3. The molecule has 1 aromatic rings. The van der Waals surface area contributed by atoms with Gasteiger partial charge in [-0.2, -0.15) is 0 Å². The third kappa shape index (κ3) is 10.4. The van der Waals surface area contributed by atoms with Crippen molar-refractivity contribution in [2.45, 2.75) is 45.7 Å². The number of hydrogen-bond acceptors (Lipinski definition) is 4. The third-order valence-corrected chi connectivity index (χ3v) is 6.19. The van der Waals surface area contributed by atoms with Gasteiger partial charge in [0.25, 0.3) is 0 Å². The number of nitrogens with zero attached hydrogens (tertiary/aromatic N) is 2. The normalized spacial score (nSPS) is 17.3. The van der Waals surface area contributed by atoms with Crippen molar-refractivity contribution in [1.29, 1.82) is 0 Å². The van der Waals surface area contributed by atoms with Gasteiger partial charge in [0.1, 0.15) is 15.7 Å². The predicted octanol–water partition coefficient (Wildman–Crippen LogP) is 3.03. The minimum absolute atomic E-state index is 0. The van der Waals surface area contributed by atoms with Crippen LogP contribution in [0.1, 0.15) is 38.7 Å². The molecule has 0 bridgehead atoms. The Hall–Kier alpha value is -0.940. The number of guanidine groups is 1. The first-order chi connectivity index (χ1) is 13.8. The Morgan fingerprint density at radius 1 is 1.30 bits per heavy atom. The van der Waals surface area contributed by atoms with Gasteiger partial charge in [-0.05, 0) is 58.2 Å². The van der Waals surface area contributed by atoms with Crippen LogP contribution < -0.4 is 10.6 Å². The summed E-state index contributed by atoms with van der Waals surface area (Å²) in [6.45, 7) is 8.03. The summed E-state index contributed by atoms with van der Waals surface area (Å²) in [6, 6.07) is 7.01. The van der Waals surface area contributed by atoms with Gasteiger partial charge < -0.3 is 10.6 Å². The highest BCUT2D eigenvalue weighted by Crippen LogP contribution is 2.20. The van der Waals surface area contributed by atoms with Crippen LogP contribution in [0, 0.1) is 11.7 Å². The van der Waals surface area contributed by atoms with Crippen molar-refractivity contribution in [2.24, 2.45) is 10.9 Å². The van der Waals surface area contributed by atoms with Crippen LogP contribution in [0.4, 0.5) is 4.39 Å². The van der Waals surface area contributed by atoms with Crippen molar-refractivity contribution in [1.82, 2.24) is 15.5 Å². The van der Waals surface area contributed by atoms with E-state index in [0.29, 0.717) is 18.9 Å². The van der Waals surface area contributed by atoms with Gasteiger partial charge in [-0.15, -0.1) is 24.0 Å². The highest BCUT2D eigenvalue weighted by atomic mass is 127. The fourth-order valence-electron chi connectivity index (χ4n) is 3.43. The summed E-state index contributed by atoms with van der Waals surface area (Å²) < 4.78 is 36.5. The van der Waals surface area contributed by atoms with Crippen molar-refractivity contribution < 1.29 is 12.8 Å². The Kier molecular flexibility index (Phi) is 12.2. The zero-order valence-corrected chi connectivity index (χ0v) is 21.4. The molecular formula is C21H36FIN4O2S. The second kappa shape index (κ2) is 13.5. The lowest BCUT2D eigenvalue weighted by atomic mass is 9.96. The average Bonchev–Trinajstić information content (AvgIpc) is 2.67. The summed E-state index contributed by atoms with van der Waals surface area (Å²) >= 11 is 0. The molecule has 1 aliphatic rings. The van der Waals surface area contributed by atoms with Gasteiger partial charge in [-0.1, -0.05) is 18.2 Å². The van der Waals surface area contributed by atoms with E-state index in [9.17, 15) is 12.8 Å². The molecular weight excluding hydrogens is 518 g/mol. The van der Waals surface area contributed by atoms with Gasteiger partial charge in [0.05, 0.1) is 5.75 Å². The zero-order valence-electron chi connectivity index (χ0n) is 18.2. The Labute approximate surface area is 198 Å². The molecule has 0 aromatic heterocycles. The lowest BCUT2D eigenvalue weighted by molar-refractivity contribution is 0.179. The Bertz CT molecular complexity index is 768. The molecule has 1 aromatic carbocycles. The number of nitrogens with one attached hydrogen (secondary N) is 2. The van der Waals surface area contributed by atoms with Crippen LogP contribution in [0.25, 0.3) is 0 Å². The quantitative estimate of drug-likeness (QED) is 0.279. The van der Waals surface area contributed by atoms with Crippen molar-refractivity contribution in [3.63, 3.8) is 0 Å². The molecule has 1 fully saturated rings. The van der Waals surface area contributed by atoms with E-state index in [-0.39, 0.29) is 41.6 Å². The maximum Gasteiger partial charge on any atom is 0.191 e. The van der Waals surface area contributed by atoms with Crippen LogP contribution in [0.3, 0.4) is 0 Å². The molecule has 172 valence electrons. The van der Waals surface area contributed by atoms with E-state index >= 15 is 0 Å². The minimum Gasteiger partial charge on any atom is -0.357 e. The highest BCUT2D eigenvalue weighted by Gasteiger charge is 2.20. The molecule has 1 aliphatic heterocycles. The molecule has 0 spiro atoms. The van der Waals surface area contributed by atoms with Crippen molar-refractivity contribution in [3.8, 4) is 0 Å². The molecule has 0 saturated carbocycles. The topological polar surface area (TPSA) is 73.8 Å². The van der Waals surface area contributed by atoms with Crippen molar-refractivity contribution in [3.05, 3.63) is 35.6 Å². The molecule has 2 rings (SSSR count). The summed E-state index contributed by atoms with van der Waals surface area (Å²) in [4.78, 5) is 7.01. The van der Waals surface area contributed by atoms with E-state index in [1.165, 1.54) is 12.3 Å². The number of piperidine rings is 1. The van der Waals surface area contributed by atoms with E-state index in [4.69, 9.17) is 4.99 Å². The van der Waals surface area contributed by atoms with Gasteiger partial charge in [-0.25, -0.2) is 12.8 Å². The molecule has 1 saturated heterocycles. The Morgan fingerprint density at radius 2 is 1.97 bits per heavy atom. The predicted molar refractivity (Wildman–Crippen MR) is 133 cm³/mol. The maximum atomic E-state index is 13.8. The number of halogens is 2. The minimum atomic E-state index is -2.96. The first kappa shape index (κ1) is 27.1. The number of aliphatic imine (C=N–C) groups is 1. The fraction of sp³-hybridized carbons (Fsp3) is 0.667.